The molecule has 2 aromatic heterocycles. The molecule has 4 rings (SSSR count). The van der Waals surface area contributed by atoms with Crippen LogP contribution in [0.3, 0.4) is 0 Å². The van der Waals surface area contributed by atoms with Crippen molar-refractivity contribution in [3.63, 3.8) is 0 Å². The fourth-order valence-corrected chi connectivity index (χ4v) is 3.38. The van der Waals surface area contributed by atoms with E-state index in [4.69, 9.17) is 4.74 Å². The number of methoxy groups -OCH3 is 1. The van der Waals surface area contributed by atoms with Gasteiger partial charge in [0.15, 0.2) is 0 Å². The molecule has 0 saturated heterocycles. The molecule has 1 amide bonds. The third-order valence-electron chi connectivity index (χ3n) is 4.91. The van der Waals surface area contributed by atoms with Gasteiger partial charge in [-0.2, -0.15) is 5.10 Å². The standard InChI is InChI=1S/C21H22N4O3/c1-28-20-8-7-16(13-22-20)21(27)24-9-10-25-17(14-24)12-18(23-25)19(26)11-15-5-3-2-4-6-15/h2-8,12-13,19,26H,9-11,14H2,1H3/t19-/m0/s1. The zero-order valence-electron chi connectivity index (χ0n) is 15.7. The first-order valence-electron chi connectivity index (χ1n) is 9.22. The molecule has 3 aromatic rings. The van der Waals surface area contributed by atoms with Crippen molar-refractivity contribution < 1.29 is 14.6 Å². The lowest BCUT2D eigenvalue weighted by atomic mass is 10.1. The normalized spacial score (nSPS) is 14.4. The second-order valence-corrected chi connectivity index (χ2v) is 6.81. The largest absolute Gasteiger partial charge is 0.481 e. The topological polar surface area (TPSA) is 80.5 Å². The number of carbonyl (C=O) groups excluding carboxylic acids is 1. The molecule has 0 spiro atoms. The molecule has 28 heavy (non-hydrogen) atoms. The van der Waals surface area contributed by atoms with E-state index in [1.54, 1.807) is 24.1 Å². The molecule has 0 unspecified atom stereocenters. The Balaban J connectivity index is 1.45. The van der Waals surface area contributed by atoms with Crippen LogP contribution < -0.4 is 4.74 Å². The Labute approximate surface area is 163 Å². The van der Waals surface area contributed by atoms with Crippen LogP contribution in [0.1, 0.15) is 33.4 Å². The van der Waals surface area contributed by atoms with Crippen molar-refractivity contribution >= 4 is 5.91 Å². The van der Waals surface area contributed by atoms with Crippen molar-refractivity contribution in [2.75, 3.05) is 13.7 Å². The van der Waals surface area contributed by atoms with Gasteiger partial charge in [0.2, 0.25) is 5.88 Å². The summed E-state index contributed by atoms with van der Waals surface area (Å²) in [6.45, 7) is 1.62. The number of ether oxygens (including phenoxy) is 1. The third-order valence-corrected chi connectivity index (χ3v) is 4.91. The summed E-state index contributed by atoms with van der Waals surface area (Å²) in [6.07, 6.45) is 1.37. The molecule has 1 aromatic carbocycles. The summed E-state index contributed by atoms with van der Waals surface area (Å²) in [5.41, 5.74) is 3.14. The maximum absolute atomic E-state index is 12.8. The van der Waals surface area contributed by atoms with E-state index in [-0.39, 0.29) is 5.91 Å². The van der Waals surface area contributed by atoms with Gasteiger partial charge in [-0.1, -0.05) is 30.3 Å². The molecule has 144 valence electrons. The Morgan fingerprint density at radius 1 is 1.21 bits per heavy atom. The lowest BCUT2D eigenvalue weighted by molar-refractivity contribution is 0.0705. The van der Waals surface area contributed by atoms with Gasteiger partial charge in [0, 0.05) is 25.2 Å². The number of hydrogen-bond donors (Lipinski definition) is 1. The fourth-order valence-electron chi connectivity index (χ4n) is 3.38. The molecule has 3 heterocycles. The second-order valence-electron chi connectivity index (χ2n) is 6.81. The van der Waals surface area contributed by atoms with Crippen molar-refractivity contribution in [3.8, 4) is 5.88 Å². The van der Waals surface area contributed by atoms with Crippen molar-refractivity contribution in [2.45, 2.75) is 25.6 Å². The van der Waals surface area contributed by atoms with E-state index in [0.29, 0.717) is 43.2 Å². The highest BCUT2D eigenvalue weighted by Crippen LogP contribution is 2.22. The van der Waals surface area contributed by atoms with Crippen LogP contribution in [0.2, 0.25) is 0 Å². The minimum Gasteiger partial charge on any atom is -0.481 e. The van der Waals surface area contributed by atoms with Crippen molar-refractivity contribution in [1.29, 1.82) is 0 Å². The summed E-state index contributed by atoms with van der Waals surface area (Å²) in [5.74, 6) is 0.402. The number of aliphatic hydroxyl groups excluding tert-OH is 1. The molecule has 0 aliphatic carbocycles. The van der Waals surface area contributed by atoms with Crippen LogP contribution in [0.15, 0.2) is 54.7 Å². The van der Waals surface area contributed by atoms with Gasteiger partial charge in [0.25, 0.3) is 5.91 Å². The average Bonchev–Trinajstić information content (AvgIpc) is 3.17. The zero-order valence-corrected chi connectivity index (χ0v) is 15.7. The highest BCUT2D eigenvalue weighted by atomic mass is 16.5. The molecule has 1 atom stereocenters. The summed E-state index contributed by atoms with van der Waals surface area (Å²) < 4.78 is 6.91. The van der Waals surface area contributed by atoms with Crippen LogP contribution in [0.25, 0.3) is 0 Å². The summed E-state index contributed by atoms with van der Waals surface area (Å²) in [5, 5.41) is 15.1. The van der Waals surface area contributed by atoms with E-state index in [1.807, 2.05) is 41.1 Å². The molecule has 0 saturated carbocycles. The second kappa shape index (κ2) is 7.82. The van der Waals surface area contributed by atoms with Crippen LogP contribution >= 0.6 is 0 Å². The van der Waals surface area contributed by atoms with Gasteiger partial charge in [-0.15, -0.1) is 0 Å². The fraction of sp³-hybridized carbons (Fsp3) is 0.286. The lowest BCUT2D eigenvalue weighted by Gasteiger charge is -2.27. The third kappa shape index (κ3) is 3.75. The van der Waals surface area contributed by atoms with Gasteiger partial charge in [0.05, 0.1) is 37.2 Å². The van der Waals surface area contributed by atoms with E-state index in [1.165, 1.54) is 6.20 Å². The highest BCUT2D eigenvalue weighted by Gasteiger charge is 2.25. The maximum atomic E-state index is 12.8. The predicted molar refractivity (Wildman–Crippen MR) is 103 cm³/mol. The average molecular weight is 378 g/mol. The lowest BCUT2D eigenvalue weighted by Crippen LogP contribution is -2.38. The first-order chi connectivity index (χ1) is 13.6. The number of benzene rings is 1. The molecule has 1 aliphatic rings. The molecule has 7 heteroatoms. The quantitative estimate of drug-likeness (QED) is 0.736. The minimum absolute atomic E-state index is 0.0750. The van der Waals surface area contributed by atoms with Crippen LogP contribution in [0.5, 0.6) is 5.88 Å². The van der Waals surface area contributed by atoms with Gasteiger partial charge >= 0.3 is 0 Å². The predicted octanol–water partition coefficient (Wildman–Crippen LogP) is 2.22. The van der Waals surface area contributed by atoms with Crippen LogP contribution in [0, 0.1) is 0 Å². The van der Waals surface area contributed by atoms with E-state index in [2.05, 4.69) is 10.1 Å². The smallest absolute Gasteiger partial charge is 0.255 e. The first-order valence-corrected chi connectivity index (χ1v) is 9.22. The van der Waals surface area contributed by atoms with E-state index in [0.717, 1.165) is 11.3 Å². The van der Waals surface area contributed by atoms with E-state index in [9.17, 15) is 9.90 Å². The van der Waals surface area contributed by atoms with Gasteiger partial charge < -0.3 is 14.7 Å². The number of amides is 1. The molecular formula is C21H22N4O3. The first kappa shape index (κ1) is 18.2. The minimum atomic E-state index is -0.671. The van der Waals surface area contributed by atoms with Crippen molar-refractivity contribution in [1.82, 2.24) is 19.7 Å². The number of pyridine rings is 1. The number of fused-ring (bicyclic) bond motifs is 1. The van der Waals surface area contributed by atoms with Crippen LogP contribution in [0.4, 0.5) is 0 Å². The SMILES string of the molecule is COc1ccc(C(=O)N2CCn3nc([C@@H](O)Cc4ccccc4)cc3C2)cn1. The number of aromatic nitrogens is 3. The molecule has 0 radical (unpaired) electrons. The number of nitrogens with zero attached hydrogens (tertiary/aromatic N) is 4. The zero-order chi connectivity index (χ0) is 19.5. The summed E-state index contributed by atoms with van der Waals surface area (Å²) in [7, 11) is 1.54. The molecule has 0 bridgehead atoms. The Morgan fingerprint density at radius 3 is 2.75 bits per heavy atom. The number of hydrogen-bond acceptors (Lipinski definition) is 5. The van der Waals surface area contributed by atoms with E-state index >= 15 is 0 Å². The molecule has 0 fully saturated rings. The van der Waals surface area contributed by atoms with E-state index < -0.39 is 6.10 Å². The molecule has 1 aliphatic heterocycles. The number of rotatable bonds is 5. The Morgan fingerprint density at radius 2 is 2.04 bits per heavy atom. The Bertz CT molecular complexity index is 954. The maximum Gasteiger partial charge on any atom is 0.255 e. The van der Waals surface area contributed by atoms with Gasteiger partial charge in [0.1, 0.15) is 6.10 Å². The number of carbonyl (C=O) groups is 1. The molecule has 7 nitrogen and oxygen atoms in total. The monoisotopic (exact) mass is 378 g/mol. The van der Waals surface area contributed by atoms with Gasteiger partial charge in [-0.05, 0) is 17.7 Å². The van der Waals surface area contributed by atoms with Crippen molar-refractivity contribution in [3.05, 3.63) is 77.2 Å². The van der Waals surface area contributed by atoms with Gasteiger partial charge in [-0.25, -0.2) is 4.98 Å². The summed E-state index contributed by atoms with van der Waals surface area (Å²) >= 11 is 0. The summed E-state index contributed by atoms with van der Waals surface area (Å²) in [4.78, 5) is 18.6. The van der Waals surface area contributed by atoms with Crippen LogP contribution in [-0.4, -0.2) is 44.3 Å². The van der Waals surface area contributed by atoms with Crippen molar-refractivity contribution in [2.24, 2.45) is 0 Å². The Hall–Kier alpha value is -3.19. The highest BCUT2D eigenvalue weighted by molar-refractivity contribution is 5.94. The Kier molecular flexibility index (Phi) is 5.08. The molecule has 1 N–H and O–H groups in total. The van der Waals surface area contributed by atoms with Crippen LogP contribution in [-0.2, 0) is 19.5 Å². The number of aliphatic hydroxyl groups is 1. The summed E-state index contributed by atoms with van der Waals surface area (Å²) in [6, 6.07) is 15.1. The molecular weight excluding hydrogens is 356 g/mol. The van der Waals surface area contributed by atoms with Gasteiger partial charge in [-0.3, -0.25) is 9.48 Å².